The number of fused-ring (bicyclic) bond motifs is 1. The zero-order valence-electron chi connectivity index (χ0n) is 18.4. The molecule has 4 aromatic rings. The van der Waals surface area contributed by atoms with E-state index in [0.29, 0.717) is 16.0 Å². The maximum Gasteiger partial charge on any atom is 0.210 e. The average Bonchev–Trinajstić information content (AvgIpc) is 3.58. The van der Waals surface area contributed by atoms with E-state index in [1.54, 1.807) is 0 Å². The molecular weight excluding hydrogens is 478 g/mol. The summed E-state index contributed by atoms with van der Waals surface area (Å²) in [6, 6.07) is 9.86. The van der Waals surface area contributed by atoms with Crippen LogP contribution in [0.5, 0.6) is 0 Å². The van der Waals surface area contributed by atoms with Crippen molar-refractivity contribution in [2.75, 3.05) is 18.2 Å². The SMILES string of the molecule is Cc1cc(C(=O)CSc2nnc(-c3sc4ccccc4c3Cl)n2N)c(C)n1CC1CCCO1. The Labute approximate surface area is 204 Å². The summed E-state index contributed by atoms with van der Waals surface area (Å²) in [6.07, 6.45) is 2.39. The van der Waals surface area contributed by atoms with E-state index in [0.717, 1.165) is 57.9 Å². The van der Waals surface area contributed by atoms with Gasteiger partial charge in [-0.2, -0.15) is 0 Å². The molecule has 0 amide bonds. The summed E-state index contributed by atoms with van der Waals surface area (Å²) in [4.78, 5) is 13.8. The van der Waals surface area contributed by atoms with Crippen molar-refractivity contribution in [2.45, 2.75) is 44.5 Å². The molecule has 0 radical (unpaired) electrons. The number of thioether (sulfide) groups is 1. The molecule has 1 unspecified atom stereocenters. The summed E-state index contributed by atoms with van der Waals surface area (Å²) in [5, 5.41) is 10.5. The van der Waals surface area contributed by atoms with Gasteiger partial charge in [-0.05, 0) is 38.8 Å². The first-order valence-corrected chi connectivity index (χ1v) is 12.9. The lowest BCUT2D eigenvalue weighted by Crippen LogP contribution is -2.17. The Kier molecular flexibility index (Phi) is 6.22. The molecule has 0 spiro atoms. The number of aromatic nitrogens is 4. The van der Waals surface area contributed by atoms with Crippen molar-refractivity contribution >= 4 is 50.6 Å². The van der Waals surface area contributed by atoms with Crippen molar-refractivity contribution in [3.8, 4) is 10.7 Å². The Morgan fingerprint density at radius 2 is 2.15 bits per heavy atom. The van der Waals surface area contributed by atoms with Crippen molar-refractivity contribution in [2.24, 2.45) is 0 Å². The lowest BCUT2D eigenvalue weighted by molar-refractivity contribution is 0.0957. The van der Waals surface area contributed by atoms with Crippen LogP contribution >= 0.6 is 34.7 Å². The number of nitrogens with two attached hydrogens (primary N) is 1. The van der Waals surface area contributed by atoms with E-state index in [1.807, 2.05) is 44.2 Å². The van der Waals surface area contributed by atoms with E-state index in [9.17, 15) is 4.79 Å². The summed E-state index contributed by atoms with van der Waals surface area (Å²) < 4.78 is 10.4. The fourth-order valence-electron chi connectivity index (χ4n) is 4.25. The minimum Gasteiger partial charge on any atom is -0.376 e. The van der Waals surface area contributed by atoms with Gasteiger partial charge in [0.25, 0.3) is 0 Å². The quantitative estimate of drug-likeness (QED) is 0.215. The van der Waals surface area contributed by atoms with Crippen LogP contribution in [-0.4, -0.2) is 43.7 Å². The van der Waals surface area contributed by atoms with Crippen molar-refractivity contribution in [3.05, 3.63) is 52.3 Å². The van der Waals surface area contributed by atoms with Gasteiger partial charge in [0.2, 0.25) is 5.16 Å². The van der Waals surface area contributed by atoms with E-state index >= 15 is 0 Å². The van der Waals surface area contributed by atoms with Gasteiger partial charge in [0.1, 0.15) is 0 Å². The Morgan fingerprint density at radius 3 is 2.91 bits per heavy atom. The lowest BCUT2D eigenvalue weighted by Gasteiger charge is -2.14. The fourth-order valence-corrected chi connectivity index (χ4v) is 6.49. The van der Waals surface area contributed by atoms with Gasteiger partial charge in [0, 0.05) is 40.2 Å². The third kappa shape index (κ3) is 4.19. The number of aryl methyl sites for hydroxylation is 1. The second kappa shape index (κ2) is 9.13. The van der Waals surface area contributed by atoms with E-state index in [4.69, 9.17) is 22.2 Å². The number of nitrogens with zero attached hydrogens (tertiary/aromatic N) is 4. The van der Waals surface area contributed by atoms with Crippen LogP contribution < -0.4 is 5.84 Å². The fraction of sp³-hybridized carbons (Fsp3) is 0.348. The maximum absolute atomic E-state index is 13.0. The molecule has 1 fully saturated rings. The van der Waals surface area contributed by atoms with Gasteiger partial charge in [-0.1, -0.05) is 41.6 Å². The van der Waals surface area contributed by atoms with Crippen molar-refractivity contribution in [1.82, 2.24) is 19.4 Å². The third-order valence-electron chi connectivity index (χ3n) is 6.02. The normalized spacial score (nSPS) is 16.2. The number of thiophene rings is 1. The molecule has 1 aliphatic heterocycles. The second-order valence-corrected chi connectivity index (χ2v) is 10.5. The number of ketones is 1. The highest BCUT2D eigenvalue weighted by Crippen LogP contribution is 2.41. The zero-order chi connectivity index (χ0) is 23.1. The highest BCUT2D eigenvalue weighted by Gasteiger charge is 2.23. The number of hydrogen-bond acceptors (Lipinski definition) is 7. The number of ether oxygens (including phenoxy) is 1. The molecule has 4 heterocycles. The number of nitrogen functional groups attached to an aromatic ring is 1. The number of benzene rings is 1. The second-order valence-electron chi connectivity index (χ2n) is 8.16. The zero-order valence-corrected chi connectivity index (χ0v) is 20.8. The van der Waals surface area contributed by atoms with Crippen molar-refractivity contribution in [1.29, 1.82) is 0 Å². The maximum atomic E-state index is 13.0. The van der Waals surface area contributed by atoms with Crippen LogP contribution in [0.15, 0.2) is 35.5 Å². The first-order valence-electron chi connectivity index (χ1n) is 10.8. The molecule has 1 aromatic carbocycles. The minimum atomic E-state index is 0.0381. The molecule has 2 N–H and O–H groups in total. The lowest BCUT2D eigenvalue weighted by atomic mass is 10.2. The van der Waals surface area contributed by atoms with Gasteiger partial charge in [-0.3, -0.25) is 4.79 Å². The third-order valence-corrected chi connectivity index (χ3v) is 8.63. The summed E-state index contributed by atoms with van der Waals surface area (Å²) in [5.41, 5.74) is 2.77. The minimum absolute atomic E-state index is 0.0381. The van der Waals surface area contributed by atoms with Crippen molar-refractivity contribution in [3.63, 3.8) is 0 Å². The first kappa shape index (κ1) is 22.5. The Morgan fingerprint density at radius 1 is 1.33 bits per heavy atom. The predicted octanol–water partition coefficient (Wildman–Crippen LogP) is 5.10. The van der Waals surface area contributed by atoms with Crippen LogP contribution in [0.25, 0.3) is 20.8 Å². The van der Waals surface area contributed by atoms with Crippen LogP contribution in [-0.2, 0) is 11.3 Å². The molecule has 172 valence electrons. The number of carbonyl (C=O) groups is 1. The highest BCUT2D eigenvalue weighted by atomic mass is 35.5. The molecular formula is C23H24ClN5O2S2. The van der Waals surface area contributed by atoms with Gasteiger partial charge in [0.05, 0.1) is 21.8 Å². The van der Waals surface area contributed by atoms with Gasteiger partial charge < -0.3 is 15.1 Å². The monoisotopic (exact) mass is 501 g/mol. The van der Waals surface area contributed by atoms with Crippen LogP contribution in [0.3, 0.4) is 0 Å². The Balaban J connectivity index is 1.32. The van der Waals surface area contributed by atoms with Gasteiger partial charge in [-0.25, -0.2) is 4.68 Å². The van der Waals surface area contributed by atoms with Crippen LogP contribution in [0.1, 0.15) is 34.6 Å². The summed E-state index contributed by atoms with van der Waals surface area (Å²) in [5.74, 6) is 7.04. The average molecular weight is 502 g/mol. The van der Waals surface area contributed by atoms with Gasteiger partial charge >= 0.3 is 0 Å². The van der Waals surface area contributed by atoms with Gasteiger partial charge in [0.15, 0.2) is 11.6 Å². The van der Waals surface area contributed by atoms with E-state index in [2.05, 4.69) is 14.8 Å². The molecule has 7 nitrogen and oxygen atoms in total. The topological polar surface area (TPSA) is 88.0 Å². The highest BCUT2D eigenvalue weighted by molar-refractivity contribution is 7.99. The molecule has 0 aliphatic carbocycles. The standard InChI is InChI=1S/C23H24ClN5O2S2/c1-13-10-17(14(2)28(13)11-15-6-5-9-31-15)18(30)12-32-23-27-26-22(29(23)25)21-20(24)16-7-3-4-8-19(16)33-21/h3-4,7-8,10,15H,5-6,9,11-12,25H2,1-2H3. The predicted molar refractivity (Wildman–Crippen MR) is 134 cm³/mol. The van der Waals surface area contributed by atoms with Crippen LogP contribution in [0.2, 0.25) is 5.02 Å². The number of hydrogen-bond donors (Lipinski definition) is 1. The molecule has 1 aliphatic rings. The number of rotatable bonds is 7. The number of carbonyl (C=O) groups excluding carboxylic acids is 1. The largest absolute Gasteiger partial charge is 0.376 e. The van der Waals surface area contributed by atoms with E-state index in [1.165, 1.54) is 27.8 Å². The number of Topliss-reactive ketones (excluding diaryl/α,β-unsaturated/α-hetero) is 1. The smallest absolute Gasteiger partial charge is 0.210 e. The molecule has 0 bridgehead atoms. The van der Waals surface area contributed by atoms with Crippen LogP contribution in [0.4, 0.5) is 0 Å². The first-order chi connectivity index (χ1) is 15.9. The molecule has 1 saturated heterocycles. The van der Waals surface area contributed by atoms with E-state index < -0.39 is 0 Å². The molecule has 3 aromatic heterocycles. The molecule has 10 heteroatoms. The van der Waals surface area contributed by atoms with Gasteiger partial charge in [-0.15, -0.1) is 21.5 Å². The summed E-state index contributed by atoms with van der Waals surface area (Å²) in [7, 11) is 0. The summed E-state index contributed by atoms with van der Waals surface area (Å²) in [6.45, 7) is 5.63. The van der Waals surface area contributed by atoms with Crippen LogP contribution in [0, 0.1) is 13.8 Å². The molecule has 0 saturated carbocycles. The molecule has 5 rings (SSSR count). The molecule has 33 heavy (non-hydrogen) atoms. The van der Waals surface area contributed by atoms with E-state index in [-0.39, 0.29) is 17.6 Å². The molecule has 1 atom stereocenters. The van der Waals surface area contributed by atoms with Crippen molar-refractivity contribution < 1.29 is 9.53 Å². The Hall–Kier alpha value is -2.33. The Bertz CT molecular complexity index is 1340. The summed E-state index contributed by atoms with van der Waals surface area (Å²) >= 11 is 9.38. The number of halogens is 1.